The van der Waals surface area contributed by atoms with Crippen molar-refractivity contribution in [2.75, 3.05) is 23.7 Å². The summed E-state index contributed by atoms with van der Waals surface area (Å²) in [5, 5.41) is 19.5. The van der Waals surface area contributed by atoms with Crippen molar-refractivity contribution in [3.8, 4) is 0 Å². The molecule has 166 valence electrons. The lowest BCUT2D eigenvalue weighted by atomic mass is 9.94. The fourth-order valence-corrected chi connectivity index (χ4v) is 4.10. The Hall–Kier alpha value is -3.45. The Morgan fingerprint density at radius 3 is 2.75 bits per heavy atom. The quantitative estimate of drug-likeness (QED) is 0.425. The van der Waals surface area contributed by atoms with Gasteiger partial charge in [-0.2, -0.15) is 0 Å². The van der Waals surface area contributed by atoms with Crippen LogP contribution in [0.3, 0.4) is 0 Å². The van der Waals surface area contributed by atoms with Crippen LogP contribution < -0.4 is 16.0 Å². The van der Waals surface area contributed by atoms with Gasteiger partial charge in [0.25, 0.3) is 0 Å². The number of carbonyl (C=O) groups is 1. The number of hydrogen-bond donors (Lipinski definition) is 4. The van der Waals surface area contributed by atoms with Gasteiger partial charge in [0, 0.05) is 19.2 Å². The largest absolute Gasteiger partial charge is 0.481 e. The Kier molecular flexibility index (Phi) is 6.66. The number of hydrogen-bond acceptors (Lipinski definition) is 5. The number of aromatic nitrogens is 1. The van der Waals surface area contributed by atoms with E-state index in [4.69, 9.17) is 5.11 Å². The number of rotatable bonds is 8. The Labute approximate surface area is 186 Å². The predicted octanol–water partition coefficient (Wildman–Crippen LogP) is 4.19. The molecule has 0 saturated heterocycles. The smallest absolute Gasteiger partial charge is 0.307 e. The first-order chi connectivity index (χ1) is 15.5. The number of anilines is 2. The minimum absolute atomic E-state index is 0.00615. The zero-order valence-electron chi connectivity index (χ0n) is 17.9. The molecule has 2 heterocycles. The van der Waals surface area contributed by atoms with Crippen molar-refractivity contribution in [1.29, 1.82) is 0 Å². The van der Waals surface area contributed by atoms with Gasteiger partial charge in [0.2, 0.25) is 0 Å². The molecule has 0 unspecified atom stereocenters. The van der Waals surface area contributed by atoms with Crippen LogP contribution in [0.25, 0.3) is 0 Å². The van der Waals surface area contributed by atoms with E-state index in [9.17, 15) is 9.18 Å². The third-order valence-corrected chi connectivity index (χ3v) is 5.77. The van der Waals surface area contributed by atoms with Gasteiger partial charge < -0.3 is 21.1 Å². The highest BCUT2D eigenvalue weighted by molar-refractivity contribution is 5.70. The van der Waals surface area contributed by atoms with E-state index in [1.165, 1.54) is 12.3 Å². The summed E-state index contributed by atoms with van der Waals surface area (Å²) in [6.45, 7) is 3.45. The molecule has 3 aromatic rings. The molecule has 7 heteroatoms. The number of halogens is 1. The normalized spacial score (nSPS) is 16.9. The maximum atomic E-state index is 13.5. The summed E-state index contributed by atoms with van der Waals surface area (Å²) in [6, 6.07) is 19.4. The monoisotopic (exact) mass is 434 g/mol. The van der Waals surface area contributed by atoms with E-state index in [-0.39, 0.29) is 30.2 Å². The topological polar surface area (TPSA) is 86.3 Å². The zero-order valence-corrected chi connectivity index (χ0v) is 17.9. The molecule has 3 atom stereocenters. The molecule has 32 heavy (non-hydrogen) atoms. The van der Waals surface area contributed by atoms with Crippen LogP contribution in [0.2, 0.25) is 0 Å². The Bertz CT molecular complexity index is 1080. The summed E-state index contributed by atoms with van der Waals surface area (Å²) < 4.78 is 13.5. The minimum atomic E-state index is -0.832. The fraction of sp³-hybridized carbons (Fsp3) is 0.280. The van der Waals surface area contributed by atoms with Crippen molar-refractivity contribution in [1.82, 2.24) is 10.3 Å². The van der Waals surface area contributed by atoms with Gasteiger partial charge in [0.15, 0.2) is 0 Å². The first-order valence-electron chi connectivity index (χ1n) is 10.7. The number of fused-ring (bicyclic) bond motifs is 1. The van der Waals surface area contributed by atoms with Crippen LogP contribution in [-0.2, 0) is 11.2 Å². The first-order valence-corrected chi connectivity index (χ1v) is 10.7. The van der Waals surface area contributed by atoms with Crippen LogP contribution in [0, 0.1) is 5.82 Å². The van der Waals surface area contributed by atoms with E-state index in [0.29, 0.717) is 24.6 Å². The van der Waals surface area contributed by atoms with Gasteiger partial charge in [0.1, 0.15) is 11.6 Å². The highest BCUT2D eigenvalue weighted by atomic mass is 19.1. The van der Waals surface area contributed by atoms with Gasteiger partial charge in [-0.3, -0.25) is 4.79 Å². The number of carboxylic acids is 1. The molecule has 0 fully saturated rings. The van der Waals surface area contributed by atoms with Crippen LogP contribution in [0.15, 0.2) is 66.9 Å². The van der Waals surface area contributed by atoms with Gasteiger partial charge in [-0.05, 0) is 22.6 Å². The molecule has 0 bridgehead atoms. The molecule has 6 nitrogen and oxygen atoms in total. The fourth-order valence-electron chi connectivity index (χ4n) is 4.10. The lowest BCUT2D eigenvalue weighted by Gasteiger charge is -2.35. The van der Waals surface area contributed by atoms with E-state index in [2.05, 4.69) is 40.0 Å². The molecule has 1 aliphatic heterocycles. The lowest BCUT2D eigenvalue weighted by molar-refractivity contribution is -0.136. The van der Waals surface area contributed by atoms with E-state index in [1.807, 2.05) is 42.5 Å². The number of benzene rings is 2. The molecule has 0 spiro atoms. The maximum absolute atomic E-state index is 13.5. The summed E-state index contributed by atoms with van der Waals surface area (Å²) in [5.41, 5.74) is 3.70. The molecule has 1 aromatic heterocycles. The Morgan fingerprint density at radius 2 is 1.97 bits per heavy atom. The van der Waals surface area contributed by atoms with E-state index in [0.717, 1.165) is 16.7 Å². The minimum Gasteiger partial charge on any atom is -0.481 e. The third-order valence-electron chi connectivity index (χ3n) is 5.77. The highest BCUT2D eigenvalue weighted by Gasteiger charge is 2.28. The van der Waals surface area contributed by atoms with Crippen LogP contribution in [-0.4, -0.2) is 35.2 Å². The maximum Gasteiger partial charge on any atom is 0.307 e. The van der Waals surface area contributed by atoms with Gasteiger partial charge >= 0.3 is 5.97 Å². The van der Waals surface area contributed by atoms with Gasteiger partial charge in [-0.1, -0.05) is 61.5 Å². The summed E-state index contributed by atoms with van der Waals surface area (Å²) in [4.78, 5) is 15.2. The van der Waals surface area contributed by atoms with Crippen molar-refractivity contribution in [3.05, 3.63) is 89.4 Å². The number of carboxylic acid groups (broad SMARTS) is 1. The SMILES string of the molecule is C[C@@H](CN[C@H](c1ccccc1)[C@H]1CNc2cc(F)cnc2N1)c1cccc(CC(=O)O)c1. The van der Waals surface area contributed by atoms with Crippen molar-refractivity contribution in [2.45, 2.75) is 31.3 Å². The second kappa shape index (κ2) is 9.78. The van der Waals surface area contributed by atoms with Crippen LogP contribution in [0.4, 0.5) is 15.9 Å². The van der Waals surface area contributed by atoms with E-state index < -0.39 is 5.97 Å². The molecule has 0 radical (unpaired) electrons. The molecule has 4 rings (SSSR count). The molecule has 0 saturated carbocycles. The van der Waals surface area contributed by atoms with Gasteiger partial charge in [0.05, 0.1) is 30.4 Å². The summed E-state index contributed by atoms with van der Waals surface area (Å²) in [6.07, 6.45) is 1.23. The first kappa shape index (κ1) is 21.8. The standard InChI is InChI=1S/C25H27FN4O2/c1-16(19-9-5-6-17(10-19)11-23(31)32)13-28-24(18-7-3-2-4-8-18)22-15-27-21-12-20(26)14-29-25(21)30-22/h2-10,12,14,16,22,24,27-28H,11,13,15H2,1H3,(H,29,30)(H,31,32)/t16-,22+,24+/m0/s1. The number of aliphatic carboxylic acids is 1. The van der Waals surface area contributed by atoms with Crippen molar-refractivity contribution in [3.63, 3.8) is 0 Å². The van der Waals surface area contributed by atoms with Crippen molar-refractivity contribution < 1.29 is 14.3 Å². The lowest BCUT2D eigenvalue weighted by Crippen LogP contribution is -2.45. The Morgan fingerprint density at radius 1 is 1.19 bits per heavy atom. The molecule has 4 N–H and O–H groups in total. The second-order valence-electron chi connectivity index (χ2n) is 8.19. The van der Waals surface area contributed by atoms with Gasteiger partial charge in [-0.15, -0.1) is 0 Å². The van der Waals surface area contributed by atoms with Crippen molar-refractivity contribution >= 4 is 17.5 Å². The average Bonchev–Trinajstić information content (AvgIpc) is 2.79. The van der Waals surface area contributed by atoms with E-state index in [1.54, 1.807) is 0 Å². The summed E-state index contributed by atoms with van der Waals surface area (Å²) in [5.74, 6) is -0.374. The third kappa shape index (κ3) is 5.23. The molecule has 2 aromatic carbocycles. The average molecular weight is 435 g/mol. The highest BCUT2D eigenvalue weighted by Crippen LogP contribution is 2.29. The number of pyridine rings is 1. The summed E-state index contributed by atoms with van der Waals surface area (Å²) in [7, 11) is 0. The molecule has 1 aliphatic rings. The van der Waals surface area contributed by atoms with Crippen molar-refractivity contribution in [2.24, 2.45) is 0 Å². The number of nitrogens with zero attached hydrogens (tertiary/aromatic N) is 1. The molecular formula is C25H27FN4O2. The van der Waals surface area contributed by atoms with Gasteiger partial charge in [-0.25, -0.2) is 9.37 Å². The zero-order chi connectivity index (χ0) is 22.5. The van der Waals surface area contributed by atoms with Crippen LogP contribution in [0.5, 0.6) is 0 Å². The summed E-state index contributed by atoms with van der Waals surface area (Å²) >= 11 is 0. The second-order valence-corrected chi connectivity index (χ2v) is 8.19. The predicted molar refractivity (Wildman–Crippen MR) is 123 cm³/mol. The Balaban J connectivity index is 1.50. The number of nitrogens with one attached hydrogen (secondary N) is 3. The molecular weight excluding hydrogens is 407 g/mol. The van der Waals surface area contributed by atoms with Crippen LogP contribution >= 0.6 is 0 Å². The van der Waals surface area contributed by atoms with Crippen LogP contribution in [0.1, 0.15) is 35.6 Å². The molecule has 0 amide bonds. The van der Waals surface area contributed by atoms with E-state index >= 15 is 0 Å². The molecule has 0 aliphatic carbocycles.